The molecule has 0 aliphatic rings. The molecule has 0 saturated carbocycles. The van der Waals surface area contributed by atoms with Gasteiger partial charge in [-0.05, 0) is 29.1 Å². The minimum Gasteiger partial charge on any atom is -0.299 e. The van der Waals surface area contributed by atoms with Gasteiger partial charge < -0.3 is 0 Å². The van der Waals surface area contributed by atoms with Crippen LogP contribution in [0, 0.1) is 0 Å². The first-order valence-electron chi connectivity index (χ1n) is 5.13. The van der Waals surface area contributed by atoms with E-state index < -0.39 is 0 Å². The Morgan fingerprint density at radius 3 is 2.59 bits per heavy atom. The molecule has 0 spiro atoms. The van der Waals surface area contributed by atoms with Crippen LogP contribution in [0.3, 0.4) is 0 Å². The topological polar surface area (TPSA) is 17.1 Å². The average molecular weight is 285 g/mol. The zero-order valence-electron chi connectivity index (χ0n) is 8.95. The highest BCUT2D eigenvalue weighted by Gasteiger charge is 2.07. The number of Topliss-reactive ketones (excluding diaryl/α,β-unsaturated/α-hetero) is 1. The molecule has 0 aliphatic carbocycles. The number of rotatable bonds is 4. The van der Waals surface area contributed by atoms with Crippen LogP contribution in [0.4, 0.5) is 0 Å². The van der Waals surface area contributed by atoms with Crippen LogP contribution in [-0.4, -0.2) is 5.78 Å². The molecule has 4 heteroatoms. The lowest BCUT2D eigenvalue weighted by molar-refractivity contribution is -0.117. The second-order valence-corrected chi connectivity index (χ2v) is 5.57. The number of halogens is 2. The average Bonchev–Trinajstić information content (AvgIpc) is 2.76. The summed E-state index contributed by atoms with van der Waals surface area (Å²) in [6, 6.07) is 9.22. The first-order chi connectivity index (χ1) is 8.15. The highest BCUT2D eigenvalue weighted by molar-refractivity contribution is 7.10. The molecule has 2 aromatic rings. The quantitative estimate of drug-likeness (QED) is 0.813. The van der Waals surface area contributed by atoms with Crippen molar-refractivity contribution in [2.75, 3.05) is 0 Å². The molecule has 1 aromatic heterocycles. The van der Waals surface area contributed by atoms with Crippen molar-refractivity contribution < 1.29 is 4.79 Å². The van der Waals surface area contributed by atoms with Gasteiger partial charge in [-0.15, -0.1) is 11.3 Å². The van der Waals surface area contributed by atoms with Crippen LogP contribution in [-0.2, 0) is 17.6 Å². The molecule has 0 atom stereocenters. The minimum atomic E-state index is 0.186. The van der Waals surface area contributed by atoms with Crippen LogP contribution in [0.2, 0.25) is 10.0 Å². The number of ketones is 1. The lowest BCUT2D eigenvalue weighted by atomic mass is 10.1. The van der Waals surface area contributed by atoms with Gasteiger partial charge in [-0.25, -0.2) is 0 Å². The molecule has 0 N–H and O–H groups in total. The Morgan fingerprint density at radius 1 is 1.12 bits per heavy atom. The highest BCUT2D eigenvalue weighted by Crippen LogP contribution is 2.23. The molecular formula is C13H10Cl2OS. The van der Waals surface area contributed by atoms with Crippen molar-refractivity contribution in [2.45, 2.75) is 12.8 Å². The largest absolute Gasteiger partial charge is 0.299 e. The fourth-order valence-electron chi connectivity index (χ4n) is 1.55. The number of hydrogen-bond acceptors (Lipinski definition) is 2. The standard InChI is InChI=1S/C13H10Cl2OS/c14-12-4-3-9(7-13(12)15)6-10(16)8-11-2-1-5-17-11/h1-5,7H,6,8H2. The third kappa shape index (κ3) is 3.56. The van der Waals surface area contributed by atoms with E-state index in [1.54, 1.807) is 23.5 Å². The van der Waals surface area contributed by atoms with Crippen LogP contribution in [0.5, 0.6) is 0 Å². The molecule has 88 valence electrons. The molecule has 0 amide bonds. The summed E-state index contributed by atoms with van der Waals surface area (Å²) >= 11 is 13.3. The lowest BCUT2D eigenvalue weighted by Crippen LogP contribution is -2.05. The van der Waals surface area contributed by atoms with Crippen LogP contribution < -0.4 is 0 Å². The van der Waals surface area contributed by atoms with Crippen molar-refractivity contribution in [1.29, 1.82) is 0 Å². The molecule has 0 aliphatic heterocycles. The first kappa shape index (κ1) is 12.6. The van der Waals surface area contributed by atoms with Crippen molar-refractivity contribution in [1.82, 2.24) is 0 Å². The summed E-state index contributed by atoms with van der Waals surface area (Å²) in [4.78, 5) is 12.9. The molecule has 17 heavy (non-hydrogen) atoms. The van der Waals surface area contributed by atoms with Gasteiger partial charge in [0.05, 0.1) is 10.0 Å². The number of benzene rings is 1. The van der Waals surface area contributed by atoms with Gasteiger partial charge in [-0.2, -0.15) is 0 Å². The normalized spacial score (nSPS) is 10.5. The Morgan fingerprint density at radius 2 is 1.94 bits per heavy atom. The smallest absolute Gasteiger partial charge is 0.142 e. The molecule has 0 saturated heterocycles. The Labute approximate surface area is 114 Å². The van der Waals surface area contributed by atoms with Crippen LogP contribution in [0.15, 0.2) is 35.7 Å². The summed E-state index contributed by atoms with van der Waals surface area (Å²) in [5, 5.41) is 2.98. The van der Waals surface area contributed by atoms with E-state index in [-0.39, 0.29) is 5.78 Å². The van der Waals surface area contributed by atoms with Crippen molar-refractivity contribution >= 4 is 40.3 Å². The second kappa shape index (κ2) is 5.67. The molecule has 0 fully saturated rings. The van der Waals surface area contributed by atoms with E-state index in [4.69, 9.17) is 23.2 Å². The summed E-state index contributed by atoms with van der Waals surface area (Å²) in [6.45, 7) is 0. The predicted molar refractivity (Wildman–Crippen MR) is 73.2 cm³/mol. The summed E-state index contributed by atoms with van der Waals surface area (Å²) in [5.74, 6) is 0.186. The van der Waals surface area contributed by atoms with Gasteiger partial charge in [0.15, 0.2) is 0 Å². The third-order valence-electron chi connectivity index (χ3n) is 2.34. The van der Waals surface area contributed by atoms with Crippen molar-refractivity contribution in [3.8, 4) is 0 Å². The molecule has 1 heterocycles. The molecule has 0 unspecified atom stereocenters. The van der Waals surface area contributed by atoms with Gasteiger partial charge in [0.2, 0.25) is 0 Å². The summed E-state index contributed by atoms with van der Waals surface area (Å²) < 4.78 is 0. The Kier molecular flexibility index (Phi) is 4.21. The summed E-state index contributed by atoms with van der Waals surface area (Å²) in [5.41, 5.74) is 0.904. The Balaban J connectivity index is 2.00. The molecule has 2 rings (SSSR count). The van der Waals surface area contributed by atoms with Gasteiger partial charge in [-0.1, -0.05) is 35.3 Å². The minimum absolute atomic E-state index is 0.186. The first-order valence-corrected chi connectivity index (χ1v) is 6.77. The van der Waals surface area contributed by atoms with Crippen molar-refractivity contribution in [3.05, 3.63) is 56.2 Å². The van der Waals surface area contributed by atoms with Gasteiger partial charge in [0, 0.05) is 17.7 Å². The molecular weight excluding hydrogens is 275 g/mol. The van der Waals surface area contributed by atoms with E-state index in [0.717, 1.165) is 10.4 Å². The molecule has 0 bridgehead atoms. The summed E-state index contributed by atoms with van der Waals surface area (Å²) in [7, 11) is 0. The fraction of sp³-hybridized carbons (Fsp3) is 0.154. The van der Waals surface area contributed by atoms with E-state index >= 15 is 0 Å². The van der Waals surface area contributed by atoms with Gasteiger partial charge in [-0.3, -0.25) is 4.79 Å². The number of hydrogen-bond donors (Lipinski definition) is 0. The zero-order valence-corrected chi connectivity index (χ0v) is 11.3. The van der Waals surface area contributed by atoms with E-state index in [0.29, 0.717) is 22.9 Å². The van der Waals surface area contributed by atoms with E-state index in [9.17, 15) is 4.79 Å². The van der Waals surface area contributed by atoms with Crippen LogP contribution in [0.1, 0.15) is 10.4 Å². The Hall–Kier alpha value is -0.830. The van der Waals surface area contributed by atoms with Crippen molar-refractivity contribution in [2.24, 2.45) is 0 Å². The third-order valence-corrected chi connectivity index (χ3v) is 3.95. The monoisotopic (exact) mass is 284 g/mol. The SMILES string of the molecule is O=C(Cc1ccc(Cl)c(Cl)c1)Cc1cccs1. The van der Waals surface area contributed by atoms with Crippen molar-refractivity contribution in [3.63, 3.8) is 0 Å². The number of thiophene rings is 1. The lowest BCUT2D eigenvalue weighted by Gasteiger charge is -2.02. The second-order valence-electron chi connectivity index (χ2n) is 3.72. The maximum atomic E-state index is 11.8. The maximum Gasteiger partial charge on any atom is 0.142 e. The van der Waals surface area contributed by atoms with E-state index in [1.165, 1.54) is 0 Å². The summed E-state index contributed by atoms with van der Waals surface area (Å²) in [6.07, 6.45) is 0.882. The molecule has 1 nitrogen and oxygen atoms in total. The fourth-order valence-corrected chi connectivity index (χ4v) is 2.60. The number of carbonyl (C=O) groups is 1. The highest BCUT2D eigenvalue weighted by atomic mass is 35.5. The molecule has 1 aromatic carbocycles. The predicted octanol–water partition coefficient (Wildman–Crippen LogP) is 4.41. The van der Waals surface area contributed by atoms with Crippen LogP contribution in [0.25, 0.3) is 0 Å². The molecule has 0 radical (unpaired) electrons. The zero-order chi connectivity index (χ0) is 12.3. The Bertz CT molecular complexity index is 520. The van der Waals surface area contributed by atoms with Gasteiger partial charge >= 0.3 is 0 Å². The van der Waals surface area contributed by atoms with Gasteiger partial charge in [0.25, 0.3) is 0 Å². The van der Waals surface area contributed by atoms with Gasteiger partial charge in [0.1, 0.15) is 5.78 Å². The number of carbonyl (C=O) groups excluding carboxylic acids is 1. The van der Waals surface area contributed by atoms with Crippen LogP contribution >= 0.6 is 34.5 Å². The maximum absolute atomic E-state index is 11.8. The van der Waals surface area contributed by atoms with E-state index in [2.05, 4.69) is 0 Å². The van der Waals surface area contributed by atoms with E-state index in [1.807, 2.05) is 23.6 Å².